The molecule has 0 saturated carbocycles. The summed E-state index contributed by atoms with van der Waals surface area (Å²) in [5.74, 6) is -0.0707. The van der Waals surface area contributed by atoms with Crippen molar-refractivity contribution < 1.29 is 15.0 Å². The van der Waals surface area contributed by atoms with Gasteiger partial charge in [0.25, 0.3) is 5.91 Å². The second kappa shape index (κ2) is 6.98. The van der Waals surface area contributed by atoms with Crippen molar-refractivity contribution in [2.75, 3.05) is 6.54 Å². The Morgan fingerprint density at radius 2 is 1.96 bits per heavy atom. The van der Waals surface area contributed by atoms with E-state index in [4.69, 9.17) is 0 Å². The third kappa shape index (κ3) is 4.27. The topological polar surface area (TPSA) is 60.8 Å². The molecule has 0 fully saturated rings. The van der Waals surface area contributed by atoms with Crippen LogP contribution in [-0.2, 0) is 13.0 Å². The number of hydrogen-bond acceptors (Lipinski definition) is 3. The Kier molecular flexibility index (Phi) is 4.93. The van der Waals surface area contributed by atoms with Crippen LogP contribution in [0.2, 0.25) is 0 Å². The van der Waals surface area contributed by atoms with Crippen molar-refractivity contribution in [2.45, 2.75) is 44.9 Å². The lowest BCUT2D eigenvalue weighted by atomic mass is 9.96. The summed E-state index contributed by atoms with van der Waals surface area (Å²) in [6.45, 7) is 4.40. The molecule has 25 heavy (non-hydrogen) atoms. The third-order valence-electron chi connectivity index (χ3n) is 4.66. The molecule has 1 unspecified atom stereocenters. The van der Waals surface area contributed by atoms with Crippen LogP contribution in [0.5, 0.6) is 0 Å². The predicted octanol–water partition coefficient (Wildman–Crippen LogP) is 3.08. The number of β-amino-alcohol motifs (C(OH)–C–C–N with tert-alkyl or cyclic N) is 1. The SMILES string of the molecule is CC(C)(O)CCc1cccc(C(=O)N2Cc3ccccc3C(O)C2)c1. The summed E-state index contributed by atoms with van der Waals surface area (Å²) >= 11 is 0. The summed E-state index contributed by atoms with van der Waals surface area (Å²) in [5.41, 5.74) is 2.84. The van der Waals surface area contributed by atoms with Crippen LogP contribution in [0.25, 0.3) is 0 Å². The molecule has 1 atom stereocenters. The molecule has 4 nitrogen and oxygen atoms in total. The highest BCUT2D eigenvalue weighted by Crippen LogP contribution is 2.27. The fraction of sp³-hybridized carbons (Fsp3) is 0.381. The lowest BCUT2D eigenvalue weighted by molar-refractivity contribution is 0.0550. The number of carbonyl (C=O) groups excluding carboxylic acids is 1. The Bertz CT molecular complexity index is 764. The molecule has 0 spiro atoms. The zero-order valence-electron chi connectivity index (χ0n) is 14.8. The molecular weight excluding hydrogens is 314 g/mol. The number of hydrogen-bond donors (Lipinski definition) is 2. The van der Waals surface area contributed by atoms with Crippen molar-refractivity contribution in [1.29, 1.82) is 0 Å². The van der Waals surface area contributed by atoms with Gasteiger partial charge in [-0.3, -0.25) is 4.79 Å². The number of nitrogens with zero attached hydrogens (tertiary/aromatic N) is 1. The number of aliphatic hydroxyl groups is 2. The van der Waals surface area contributed by atoms with Crippen LogP contribution in [-0.4, -0.2) is 33.2 Å². The van der Waals surface area contributed by atoms with Gasteiger partial charge in [-0.1, -0.05) is 36.4 Å². The standard InChI is InChI=1S/C21H25NO3/c1-21(2,25)11-10-15-6-5-8-16(12-15)20(24)22-13-17-7-3-4-9-18(17)19(23)14-22/h3-9,12,19,23,25H,10-11,13-14H2,1-2H3. The Balaban J connectivity index is 1.75. The highest BCUT2D eigenvalue weighted by Gasteiger charge is 2.27. The average molecular weight is 339 g/mol. The summed E-state index contributed by atoms with van der Waals surface area (Å²) in [7, 11) is 0. The molecule has 2 aromatic carbocycles. The molecule has 1 aliphatic heterocycles. The van der Waals surface area contributed by atoms with Gasteiger partial charge in [0.2, 0.25) is 0 Å². The van der Waals surface area contributed by atoms with Gasteiger partial charge in [0.05, 0.1) is 18.2 Å². The van der Waals surface area contributed by atoms with Gasteiger partial charge in [-0.15, -0.1) is 0 Å². The summed E-state index contributed by atoms with van der Waals surface area (Å²) in [6.07, 6.45) is 0.712. The van der Waals surface area contributed by atoms with Gasteiger partial charge < -0.3 is 15.1 Å². The van der Waals surface area contributed by atoms with Gasteiger partial charge in [-0.25, -0.2) is 0 Å². The number of aryl methyl sites for hydroxylation is 1. The number of amides is 1. The van der Waals surface area contributed by atoms with Gasteiger partial charge in [0, 0.05) is 12.1 Å². The highest BCUT2D eigenvalue weighted by molar-refractivity contribution is 5.94. The minimum absolute atomic E-state index is 0.0707. The zero-order chi connectivity index (χ0) is 18.0. The largest absolute Gasteiger partial charge is 0.390 e. The van der Waals surface area contributed by atoms with Gasteiger partial charge in [0.1, 0.15) is 0 Å². The Morgan fingerprint density at radius 1 is 1.20 bits per heavy atom. The number of benzene rings is 2. The van der Waals surface area contributed by atoms with E-state index in [2.05, 4.69) is 0 Å². The van der Waals surface area contributed by atoms with E-state index in [0.717, 1.165) is 23.1 Å². The van der Waals surface area contributed by atoms with Crippen molar-refractivity contribution >= 4 is 5.91 Å². The van der Waals surface area contributed by atoms with Crippen LogP contribution in [0, 0.1) is 0 Å². The molecule has 0 saturated heterocycles. The first-order valence-electron chi connectivity index (χ1n) is 8.70. The number of carbonyl (C=O) groups is 1. The monoisotopic (exact) mass is 339 g/mol. The zero-order valence-corrected chi connectivity index (χ0v) is 14.8. The van der Waals surface area contributed by atoms with E-state index in [-0.39, 0.29) is 5.91 Å². The van der Waals surface area contributed by atoms with Gasteiger partial charge in [-0.2, -0.15) is 0 Å². The first kappa shape index (κ1) is 17.6. The lowest BCUT2D eigenvalue weighted by Gasteiger charge is -2.32. The third-order valence-corrected chi connectivity index (χ3v) is 4.66. The van der Waals surface area contributed by atoms with Crippen LogP contribution in [0.4, 0.5) is 0 Å². The van der Waals surface area contributed by atoms with Gasteiger partial charge >= 0.3 is 0 Å². The van der Waals surface area contributed by atoms with Crippen molar-refractivity contribution in [3.8, 4) is 0 Å². The number of rotatable bonds is 4. The fourth-order valence-electron chi connectivity index (χ4n) is 3.23. The van der Waals surface area contributed by atoms with Crippen LogP contribution < -0.4 is 0 Å². The normalized spacial score (nSPS) is 17.3. The molecule has 4 heteroatoms. The van der Waals surface area contributed by atoms with Crippen molar-refractivity contribution in [3.63, 3.8) is 0 Å². The van der Waals surface area contributed by atoms with E-state index >= 15 is 0 Å². The van der Waals surface area contributed by atoms with E-state index in [1.807, 2.05) is 48.5 Å². The van der Waals surface area contributed by atoms with Crippen molar-refractivity contribution in [1.82, 2.24) is 4.90 Å². The van der Waals surface area contributed by atoms with Gasteiger partial charge in [-0.05, 0) is 55.5 Å². The first-order valence-corrected chi connectivity index (χ1v) is 8.70. The predicted molar refractivity (Wildman–Crippen MR) is 97.2 cm³/mol. The van der Waals surface area contributed by atoms with Crippen LogP contribution in [0.15, 0.2) is 48.5 Å². The molecule has 2 N–H and O–H groups in total. The fourth-order valence-corrected chi connectivity index (χ4v) is 3.23. The van der Waals surface area contributed by atoms with Crippen LogP contribution >= 0.6 is 0 Å². The Morgan fingerprint density at radius 3 is 2.72 bits per heavy atom. The molecule has 2 aromatic rings. The molecule has 1 amide bonds. The number of fused-ring (bicyclic) bond motifs is 1. The van der Waals surface area contributed by atoms with E-state index in [9.17, 15) is 15.0 Å². The number of aliphatic hydroxyl groups excluding tert-OH is 1. The second-order valence-electron chi connectivity index (χ2n) is 7.41. The van der Waals surface area contributed by atoms with Crippen molar-refractivity contribution in [2.24, 2.45) is 0 Å². The molecule has 132 valence electrons. The van der Waals surface area contributed by atoms with E-state index in [1.54, 1.807) is 18.7 Å². The summed E-state index contributed by atoms with van der Waals surface area (Å²) < 4.78 is 0. The maximum Gasteiger partial charge on any atom is 0.254 e. The summed E-state index contributed by atoms with van der Waals surface area (Å²) in [4.78, 5) is 14.6. The lowest BCUT2D eigenvalue weighted by Crippen LogP contribution is -2.38. The minimum Gasteiger partial charge on any atom is -0.390 e. The van der Waals surface area contributed by atoms with E-state index in [0.29, 0.717) is 25.1 Å². The molecule has 0 bridgehead atoms. The molecule has 1 aliphatic rings. The summed E-state index contributed by atoms with van der Waals surface area (Å²) in [6, 6.07) is 15.3. The Labute approximate surface area is 148 Å². The van der Waals surface area contributed by atoms with Crippen LogP contribution in [0.1, 0.15) is 53.4 Å². The molecule has 0 aliphatic carbocycles. The smallest absolute Gasteiger partial charge is 0.254 e. The minimum atomic E-state index is -0.722. The van der Waals surface area contributed by atoms with E-state index < -0.39 is 11.7 Å². The van der Waals surface area contributed by atoms with Crippen LogP contribution in [0.3, 0.4) is 0 Å². The quantitative estimate of drug-likeness (QED) is 0.900. The Hall–Kier alpha value is -2.17. The highest BCUT2D eigenvalue weighted by atomic mass is 16.3. The van der Waals surface area contributed by atoms with Gasteiger partial charge in [0.15, 0.2) is 0 Å². The average Bonchev–Trinajstić information content (AvgIpc) is 2.59. The molecule has 0 aromatic heterocycles. The molecular formula is C21H25NO3. The molecule has 3 rings (SSSR count). The first-order chi connectivity index (χ1) is 11.8. The second-order valence-corrected chi connectivity index (χ2v) is 7.41. The summed E-state index contributed by atoms with van der Waals surface area (Å²) in [5, 5.41) is 20.2. The van der Waals surface area contributed by atoms with Crippen molar-refractivity contribution in [3.05, 3.63) is 70.8 Å². The maximum atomic E-state index is 12.9. The molecule has 0 radical (unpaired) electrons. The molecule has 1 heterocycles. The van der Waals surface area contributed by atoms with E-state index in [1.165, 1.54) is 0 Å². The maximum absolute atomic E-state index is 12.9.